The molecule has 1 atom stereocenters. The monoisotopic (exact) mass is 254 g/mol. The smallest absolute Gasteiger partial charge is 0.254 e. The molecule has 1 fully saturated rings. The number of rotatable bonds is 3. The quantitative estimate of drug-likeness (QED) is 0.829. The average molecular weight is 254 g/mol. The van der Waals surface area contributed by atoms with Crippen LogP contribution < -0.4 is 0 Å². The van der Waals surface area contributed by atoms with E-state index in [1.165, 1.54) is 0 Å². The summed E-state index contributed by atoms with van der Waals surface area (Å²) >= 11 is 1.55. The number of hydrogen-bond donors (Lipinski definition) is 0. The van der Waals surface area contributed by atoms with Gasteiger partial charge >= 0.3 is 0 Å². The van der Waals surface area contributed by atoms with Crippen LogP contribution in [-0.2, 0) is 16.1 Å². The molecule has 0 unspecified atom stereocenters. The number of likely N-dealkylation sites (N-methyl/N-ethyl adjacent to an activating group) is 1. The highest BCUT2D eigenvalue weighted by Gasteiger charge is 2.38. The van der Waals surface area contributed by atoms with Crippen LogP contribution in [-0.4, -0.2) is 35.0 Å². The summed E-state index contributed by atoms with van der Waals surface area (Å²) in [6, 6.07) is 0. The molecule has 1 aliphatic rings. The van der Waals surface area contributed by atoms with Crippen molar-refractivity contribution in [2.45, 2.75) is 38.3 Å². The van der Waals surface area contributed by atoms with Crippen LogP contribution in [0.3, 0.4) is 0 Å². The molecule has 1 saturated heterocycles. The van der Waals surface area contributed by atoms with Gasteiger partial charge in [-0.25, -0.2) is 4.98 Å². The van der Waals surface area contributed by atoms with Gasteiger partial charge in [0.05, 0.1) is 17.7 Å². The lowest BCUT2D eigenvalue weighted by Gasteiger charge is -2.35. The maximum absolute atomic E-state index is 12.3. The van der Waals surface area contributed by atoms with Crippen molar-refractivity contribution in [3.63, 3.8) is 0 Å². The van der Waals surface area contributed by atoms with Gasteiger partial charge in [-0.2, -0.15) is 0 Å². The van der Waals surface area contributed by atoms with Gasteiger partial charge in [0.15, 0.2) is 0 Å². The van der Waals surface area contributed by atoms with Gasteiger partial charge in [-0.15, -0.1) is 11.3 Å². The Morgan fingerprint density at radius 1 is 1.65 bits per heavy atom. The van der Waals surface area contributed by atoms with Crippen molar-refractivity contribution in [3.05, 3.63) is 16.6 Å². The van der Waals surface area contributed by atoms with Gasteiger partial charge in [-0.1, -0.05) is 0 Å². The van der Waals surface area contributed by atoms with E-state index in [9.17, 15) is 4.79 Å². The van der Waals surface area contributed by atoms with Crippen LogP contribution in [0.4, 0.5) is 0 Å². The van der Waals surface area contributed by atoms with Crippen molar-refractivity contribution >= 4 is 17.2 Å². The second kappa shape index (κ2) is 5.14. The Balaban J connectivity index is 1.98. The van der Waals surface area contributed by atoms with Gasteiger partial charge in [-0.3, -0.25) is 4.79 Å². The van der Waals surface area contributed by atoms with Crippen LogP contribution in [0.15, 0.2) is 10.9 Å². The Morgan fingerprint density at radius 3 is 3.06 bits per heavy atom. The van der Waals surface area contributed by atoms with Crippen molar-refractivity contribution < 1.29 is 9.53 Å². The fourth-order valence-corrected chi connectivity index (χ4v) is 2.69. The highest BCUT2D eigenvalue weighted by atomic mass is 32.1. The van der Waals surface area contributed by atoms with Crippen LogP contribution in [0.1, 0.15) is 31.9 Å². The van der Waals surface area contributed by atoms with E-state index < -0.39 is 5.60 Å². The summed E-state index contributed by atoms with van der Waals surface area (Å²) in [7, 11) is 1.81. The number of hydrogen-bond acceptors (Lipinski definition) is 4. The second-order valence-corrected chi connectivity index (χ2v) is 5.40. The fraction of sp³-hybridized carbons (Fsp3) is 0.667. The molecule has 0 aliphatic carbocycles. The van der Waals surface area contributed by atoms with E-state index in [-0.39, 0.29) is 5.91 Å². The first-order valence-electron chi connectivity index (χ1n) is 5.88. The van der Waals surface area contributed by atoms with Gasteiger partial charge in [0.1, 0.15) is 5.60 Å². The molecule has 0 radical (unpaired) electrons. The molecule has 0 aromatic carbocycles. The summed E-state index contributed by atoms with van der Waals surface area (Å²) in [4.78, 5) is 18.2. The van der Waals surface area contributed by atoms with Crippen LogP contribution in [0, 0.1) is 0 Å². The zero-order valence-electron chi connectivity index (χ0n) is 10.3. The predicted octanol–water partition coefficient (Wildman–Crippen LogP) is 2.06. The molecule has 0 bridgehead atoms. The van der Waals surface area contributed by atoms with Gasteiger partial charge in [-0.05, 0) is 26.2 Å². The van der Waals surface area contributed by atoms with E-state index in [2.05, 4.69) is 4.98 Å². The number of aromatic nitrogens is 1. The molecular weight excluding hydrogens is 236 g/mol. The summed E-state index contributed by atoms with van der Waals surface area (Å²) in [5.41, 5.74) is 2.08. The summed E-state index contributed by atoms with van der Waals surface area (Å²) in [5.74, 6) is 0.0604. The van der Waals surface area contributed by atoms with E-state index in [0.717, 1.165) is 25.0 Å². The van der Waals surface area contributed by atoms with E-state index in [1.807, 2.05) is 19.4 Å². The molecule has 0 spiro atoms. The Labute approximate surface area is 106 Å². The molecule has 1 aromatic heterocycles. The van der Waals surface area contributed by atoms with Crippen molar-refractivity contribution in [2.24, 2.45) is 0 Å². The minimum atomic E-state index is -0.636. The molecular formula is C12H18N2O2S. The SMILES string of the molecule is CN(Cc1cscn1)C(=O)[C@@]1(C)CCCCO1. The van der Waals surface area contributed by atoms with Gasteiger partial charge in [0, 0.05) is 19.0 Å². The lowest BCUT2D eigenvalue weighted by atomic mass is 9.94. The minimum absolute atomic E-state index is 0.0604. The first-order chi connectivity index (χ1) is 8.12. The van der Waals surface area contributed by atoms with Gasteiger partial charge in [0.2, 0.25) is 0 Å². The largest absolute Gasteiger partial charge is 0.365 e. The molecule has 1 aromatic rings. The number of carbonyl (C=O) groups is 1. The van der Waals surface area contributed by atoms with Crippen LogP contribution in [0.25, 0.3) is 0 Å². The standard InChI is InChI=1S/C12H18N2O2S/c1-12(5-3-4-6-16-12)11(15)14(2)7-10-8-17-9-13-10/h8-9H,3-7H2,1-2H3/t12-/m1/s1. The third-order valence-electron chi connectivity index (χ3n) is 3.15. The average Bonchev–Trinajstić information content (AvgIpc) is 2.81. The molecule has 0 N–H and O–H groups in total. The Kier molecular flexibility index (Phi) is 3.79. The van der Waals surface area contributed by atoms with Crippen molar-refractivity contribution in [3.8, 4) is 0 Å². The highest BCUT2D eigenvalue weighted by Crippen LogP contribution is 2.26. The molecule has 5 heteroatoms. The van der Waals surface area contributed by atoms with Gasteiger partial charge in [0.25, 0.3) is 5.91 Å². The van der Waals surface area contributed by atoms with Crippen molar-refractivity contribution in [1.82, 2.24) is 9.88 Å². The van der Waals surface area contributed by atoms with Crippen molar-refractivity contribution in [1.29, 1.82) is 0 Å². The van der Waals surface area contributed by atoms with E-state index in [4.69, 9.17) is 4.74 Å². The Bertz CT molecular complexity index is 372. The zero-order valence-corrected chi connectivity index (χ0v) is 11.1. The summed E-state index contributed by atoms with van der Waals surface area (Å²) < 4.78 is 5.66. The number of carbonyl (C=O) groups excluding carboxylic acids is 1. The lowest BCUT2D eigenvalue weighted by Crippen LogP contribution is -2.48. The first kappa shape index (κ1) is 12.5. The maximum Gasteiger partial charge on any atom is 0.254 e. The fourth-order valence-electron chi connectivity index (χ4n) is 2.14. The lowest BCUT2D eigenvalue weighted by molar-refractivity contribution is -0.161. The molecule has 1 amide bonds. The van der Waals surface area contributed by atoms with Crippen LogP contribution in [0.2, 0.25) is 0 Å². The maximum atomic E-state index is 12.3. The van der Waals surface area contributed by atoms with Crippen LogP contribution in [0.5, 0.6) is 0 Å². The molecule has 0 saturated carbocycles. The van der Waals surface area contributed by atoms with Crippen LogP contribution >= 0.6 is 11.3 Å². The summed E-state index contributed by atoms with van der Waals surface area (Å²) in [6.45, 7) is 3.14. The topological polar surface area (TPSA) is 42.4 Å². The summed E-state index contributed by atoms with van der Waals surface area (Å²) in [5, 5.41) is 1.97. The minimum Gasteiger partial charge on any atom is -0.365 e. The third-order valence-corrected chi connectivity index (χ3v) is 3.79. The van der Waals surface area contributed by atoms with E-state index >= 15 is 0 Å². The van der Waals surface area contributed by atoms with E-state index in [0.29, 0.717) is 13.2 Å². The summed E-state index contributed by atoms with van der Waals surface area (Å²) in [6.07, 6.45) is 2.93. The highest BCUT2D eigenvalue weighted by molar-refractivity contribution is 7.07. The predicted molar refractivity (Wildman–Crippen MR) is 66.8 cm³/mol. The Morgan fingerprint density at radius 2 is 2.47 bits per heavy atom. The molecule has 94 valence electrons. The number of amides is 1. The van der Waals surface area contributed by atoms with Gasteiger partial charge < -0.3 is 9.64 Å². The third kappa shape index (κ3) is 2.84. The second-order valence-electron chi connectivity index (χ2n) is 4.68. The number of thiazole rings is 1. The first-order valence-corrected chi connectivity index (χ1v) is 6.83. The van der Waals surface area contributed by atoms with Crippen molar-refractivity contribution in [2.75, 3.05) is 13.7 Å². The molecule has 2 rings (SSSR count). The molecule has 1 aliphatic heterocycles. The number of ether oxygens (including phenoxy) is 1. The molecule has 17 heavy (non-hydrogen) atoms. The molecule has 2 heterocycles. The normalized spacial score (nSPS) is 24.6. The zero-order chi connectivity index (χ0) is 12.3. The van der Waals surface area contributed by atoms with E-state index in [1.54, 1.807) is 21.7 Å². The Hall–Kier alpha value is -0.940. The number of nitrogens with zero attached hydrogens (tertiary/aromatic N) is 2. The molecule has 4 nitrogen and oxygen atoms in total.